The van der Waals surface area contributed by atoms with E-state index in [0.717, 1.165) is 74.8 Å². The summed E-state index contributed by atoms with van der Waals surface area (Å²) in [4.78, 5) is 20.1. The van der Waals surface area contributed by atoms with Gasteiger partial charge in [0.05, 0.1) is 28.8 Å². The summed E-state index contributed by atoms with van der Waals surface area (Å²) in [6, 6.07) is 14.0. The van der Waals surface area contributed by atoms with Gasteiger partial charge in [0.2, 0.25) is 5.91 Å². The third-order valence-electron chi connectivity index (χ3n) is 7.53. The summed E-state index contributed by atoms with van der Waals surface area (Å²) in [5.41, 5.74) is 3.25. The highest BCUT2D eigenvalue weighted by molar-refractivity contribution is 6.43. The van der Waals surface area contributed by atoms with Crippen molar-refractivity contribution in [3.05, 3.63) is 64.1 Å². The van der Waals surface area contributed by atoms with Crippen molar-refractivity contribution < 1.29 is 9.53 Å². The maximum atomic E-state index is 13.0. The standard InChI is InChI=1S/C29H38Cl2N4O2/c1-4-35-21(2)24(20-27(35)22-10-12-23(37-3)13-11-22)29(36)32-14-5-6-15-33-16-18-34(19-17-33)26-9-7-8-25(30)28(26)31/h7-13,20-21,24H,4-6,14-19H2,1-3H3,(H,32,36). The van der Waals surface area contributed by atoms with Gasteiger partial charge in [0.25, 0.3) is 0 Å². The smallest absolute Gasteiger partial charge is 0.229 e. The van der Waals surface area contributed by atoms with Gasteiger partial charge in [-0.2, -0.15) is 0 Å². The number of amides is 1. The molecule has 2 atom stereocenters. The number of methoxy groups -OCH3 is 1. The second-order valence-electron chi connectivity index (χ2n) is 9.73. The molecule has 2 aliphatic rings. The summed E-state index contributed by atoms with van der Waals surface area (Å²) in [6.07, 6.45) is 4.16. The molecule has 200 valence electrons. The van der Waals surface area contributed by atoms with Gasteiger partial charge in [-0.25, -0.2) is 0 Å². The molecule has 2 aliphatic heterocycles. The van der Waals surface area contributed by atoms with Gasteiger partial charge in [0.15, 0.2) is 0 Å². The molecule has 1 amide bonds. The van der Waals surface area contributed by atoms with E-state index in [2.05, 4.69) is 52.1 Å². The molecular weight excluding hydrogens is 507 g/mol. The number of rotatable bonds is 10. The molecule has 4 rings (SSSR count). The van der Waals surface area contributed by atoms with Crippen molar-refractivity contribution in [2.24, 2.45) is 5.92 Å². The van der Waals surface area contributed by atoms with E-state index >= 15 is 0 Å². The van der Waals surface area contributed by atoms with Crippen molar-refractivity contribution in [3.8, 4) is 5.75 Å². The fourth-order valence-corrected chi connectivity index (χ4v) is 5.75. The number of carbonyl (C=O) groups excluding carboxylic acids is 1. The van der Waals surface area contributed by atoms with E-state index in [9.17, 15) is 4.79 Å². The first-order chi connectivity index (χ1) is 17.9. The molecule has 2 unspecified atom stereocenters. The maximum absolute atomic E-state index is 13.0. The Bertz CT molecular complexity index is 1080. The second kappa shape index (κ2) is 12.9. The number of halogens is 2. The average molecular weight is 546 g/mol. The molecule has 0 aromatic heterocycles. The van der Waals surface area contributed by atoms with E-state index < -0.39 is 0 Å². The molecule has 0 bridgehead atoms. The largest absolute Gasteiger partial charge is 0.497 e. The molecule has 8 heteroatoms. The second-order valence-corrected chi connectivity index (χ2v) is 10.5. The van der Waals surface area contributed by atoms with Crippen LogP contribution in [0, 0.1) is 5.92 Å². The first-order valence-corrected chi connectivity index (χ1v) is 14.0. The van der Waals surface area contributed by atoms with E-state index in [1.165, 1.54) is 0 Å². The number of anilines is 1. The molecule has 1 N–H and O–H groups in total. The number of piperazine rings is 1. The topological polar surface area (TPSA) is 48.1 Å². The van der Waals surface area contributed by atoms with E-state index in [1.807, 2.05) is 30.3 Å². The lowest BCUT2D eigenvalue weighted by atomic mass is 10.0. The van der Waals surface area contributed by atoms with Gasteiger partial charge in [0.1, 0.15) is 5.75 Å². The van der Waals surface area contributed by atoms with Gasteiger partial charge in [-0.1, -0.05) is 29.3 Å². The summed E-state index contributed by atoms with van der Waals surface area (Å²) < 4.78 is 5.29. The number of nitrogens with one attached hydrogen (secondary N) is 1. The molecule has 2 aromatic carbocycles. The molecule has 0 radical (unpaired) electrons. The molecule has 0 aliphatic carbocycles. The SMILES string of the molecule is CCN1C(c2ccc(OC)cc2)=CC(C(=O)NCCCCN2CCN(c3cccc(Cl)c3Cl)CC2)C1C. The van der Waals surface area contributed by atoms with Crippen LogP contribution in [0.3, 0.4) is 0 Å². The molecule has 1 fully saturated rings. The quantitative estimate of drug-likeness (QED) is 0.405. The molecule has 2 heterocycles. The zero-order valence-electron chi connectivity index (χ0n) is 22.1. The maximum Gasteiger partial charge on any atom is 0.229 e. The third kappa shape index (κ3) is 6.54. The highest BCUT2D eigenvalue weighted by Crippen LogP contribution is 2.35. The van der Waals surface area contributed by atoms with Crippen molar-refractivity contribution >= 4 is 40.5 Å². The van der Waals surface area contributed by atoms with Crippen LogP contribution in [0.4, 0.5) is 5.69 Å². The molecule has 0 spiro atoms. The molecule has 0 saturated carbocycles. The number of unbranched alkanes of at least 4 members (excludes halogenated alkanes) is 1. The van der Waals surface area contributed by atoms with Gasteiger partial charge in [0, 0.05) is 51.0 Å². The zero-order valence-corrected chi connectivity index (χ0v) is 23.6. The Kier molecular flexibility index (Phi) is 9.63. The predicted molar refractivity (Wildman–Crippen MR) is 154 cm³/mol. The van der Waals surface area contributed by atoms with E-state index in [0.29, 0.717) is 16.6 Å². The fourth-order valence-electron chi connectivity index (χ4n) is 5.33. The minimum atomic E-state index is -0.150. The van der Waals surface area contributed by atoms with Crippen molar-refractivity contribution in [1.29, 1.82) is 0 Å². The summed E-state index contributed by atoms with van der Waals surface area (Å²) in [7, 11) is 1.67. The summed E-state index contributed by atoms with van der Waals surface area (Å²) in [6.45, 7) is 10.8. The molecule has 37 heavy (non-hydrogen) atoms. The number of ether oxygens (including phenoxy) is 1. The van der Waals surface area contributed by atoms with Crippen molar-refractivity contribution in [1.82, 2.24) is 15.1 Å². The van der Waals surface area contributed by atoms with Crippen LogP contribution in [0.1, 0.15) is 32.3 Å². The predicted octanol–water partition coefficient (Wildman–Crippen LogP) is 5.40. The Labute approximate surface area is 231 Å². The Hall–Kier alpha value is -2.41. The van der Waals surface area contributed by atoms with E-state index in [-0.39, 0.29) is 17.9 Å². The van der Waals surface area contributed by atoms with Crippen LogP contribution in [-0.4, -0.2) is 74.7 Å². The van der Waals surface area contributed by atoms with Crippen LogP contribution >= 0.6 is 23.2 Å². The average Bonchev–Trinajstić information content (AvgIpc) is 3.26. The van der Waals surface area contributed by atoms with Crippen LogP contribution in [-0.2, 0) is 4.79 Å². The Morgan fingerprint density at radius 3 is 2.46 bits per heavy atom. The third-order valence-corrected chi connectivity index (χ3v) is 8.34. The van der Waals surface area contributed by atoms with Crippen LogP contribution in [0.2, 0.25) is 10.0 Å². The van der Waals surface area contributed by atoms with E-state index in [1.54, 1.807) is 7.11 Å². The summed E-state index contributed by atoms with van der Waals surface area (Å²) >= 11 is 12.6. The van der Waals surface area contributed by atoms with Crippen LogP contribution in [0.15, 0.2) is 48.5 Å². The molecular formula is C29H38Cl2N4O2. The lowest BCUT2D eigenvalue weighted by molar-refractivity contribution is -0.124. The van der Waals surface area contributed by atoms with Crippen molar-refractivity contribution in [2.45, 2.75) is 32.7 Å². The van der Waals surface area contributed by atoms with Gasteiger partial charge in [-0.3, -0.25) is 9.69 Å². The molecule has 2 aromatic rings. The summed E-state index contributed by atoms with van der Waals surface area (Å²) in [5.74, 6) is 0.796. The monoisotopic (exact) mass is 544 g/mol. The minimum absolute atomic E-state index is 0.112. The summed E-state index contributed by atoms with van der Waals surface area (Å²) in [5, 5.41) is 4.42. The van der Waals surface area contributed by atoms with Gasteiger partial charge < -0.3 is 19.9 Å². The first kappa shape index (κ1) is 27.6. The number of hydrogen-bond donors (Lipinski definition) is 1. The lowest BCUT2D eigenvalue weighted by Crippen LogP contribution is -2.46. The fraction of sp³-hybridized carbons (Fsp3) is 0.483. The van der Waals surface area contributed by atoms with Crippen LogP contribution < -0.4 is 15.0 Å². The normalized spacial score (nSPS) is 20.2. The number of hydrogen-bond acceptors (Lipinski definition) is 5. The van der Waals surface area contributed by atoms with Crippen molar-refractivity contribution in [2.75, 3.05) is 57.8 Å². The Balaban J connectivity index is 1.20. The zero-order chi connectivity index (χ0) is 26.4. The number of carbonyl (C=O) groups is 1. The lowest BCUT2D eigenvalue weighted by Gasteiger charge is -2.36. The Morgan fingerprint density at radius 1 is 1.05 bits per heavy atom. The van der Waals surface area contributed by atoms with Crippen LogP contribution in [0.25, 0.3) is 5.70 Å². The first-order valence-electron chi connectivity index (χ1n) is 13.2. The number of nitrogens with zero attached hydrogens (tertiary/aromatic N) is 3. The van der Waals surface area contributed by atoms with Gasteiger partial charge in [-0.05, 0) is 81.3 Å². The number of benzene rings is 2. The van der Waals surface area contributed by atoms with Gasteiger partial charge in [-0.15, -0.1) is 0 Å². The van der Waals surface area contributed by atoms with Crippen molar-refractivity contribution in [3.63, 3.8) is 0 Å². The highest BCUT2D eigenvalue weighted by atomic mass is 35.5. The highest BCUT2D eigenvalue weighted by Gasteiger charge is 2.35. The minimum Gasteiger partial charge on any atom is -0.497 e. The van der Waals surface area contributed by atoms with E-state index in [4.69, 9.17) is 27.9 Å². The van der Waals surface area contributed by atoms with Crippen LogP contribution in [0.5, 0.6) is 5.75 Å². The van der Waals surface area contributed by atoms with Gasteiger partial charge >= 0.3 is 0 Å². The Morgan fingerprint density at radius 2 is 1.78 bits per heavy atom. The molecule has 6 nitrogen and oxygen atoms in total. The molecule has 1 saturated heterocycles.